The van der Waals surface area contributed by atoms with Crippen LogP contribution in [0.3, 0.4) is 0 Å². The van der Waals surface area contributed by atoms with E-state index in [4.69, 9.17) is 0 Å². The van der Waals surface area contributed by atoms with Crippen molar-refractivity contribution in [3.8, 4) is 0 Å². The van der Waals surface area contributed by atoms with Gasteiger partial charge in [-0.25, -0.2) is 22.5 Å². The third-order valence-electron chi connectivity index (χ3n) is 3.21. The molecule has 2 aromatic rings. The van der Waals surface area contributed by atoms with Crippen LogP contribution in [-0.4, -0.2) is 13.4 Å². The number of nitrogens with zero attached hydrogens (tertiary/aromatic N) is 1. The van der Waals surface area contributed by atoms with E-state index in [2.05, 4.69) is 9.71 Å². The molecule has 0 aromatic carbocycles. The number of nitrogens with one attached hydrogen (secondary N) is 1. The highest BCUT2D eigenvalue weighted by molar-refractivity contribution is 7.89. The minimum Gasteiger partial charge on any atom is -0.241 e. The van der Waals surface area contributed by atoms with Crippen LogP contribution in [0.5, 0.6) is 0 Å². The molecule has 1 aliphatic rings. The Morgan fingerprint density at radius 3 is 3.00 bits per heavy atom. The van der Waals surface area contributed by atoms with E-state index in [0.29, 0.717) is 0 Å². The first-order valence-electron chi connectivity index (χ1n) is 6.27. The van der Waals surface area contributed by atoms with Gasteiger partial charge in [-0.05, 0) is 43.0 Å². The maximum absolute atomic E-state index is 13.5. The second-order valence-corrected chi connectivity index (χ2v) is 7.53. The van der Waals surface area contributed by atoms with Crippen LogP contribution in [0.2, 0.25) is 0 Å². The van der Waals surface area contributed by atoms with Crippen LogP contribution in [0.25, 0.3) is 0 Å². The fourth-order valence-corrected chi connectivity index (χ4v) is 4.58. The topological polar surface area (TPSA) is 59.1 Å². The number of aryl methyl sites for hydroxylation is 2. The molecule has 0 bridgehead atoms. The van der Waals surface area contributed by atoms with Crippen LogP contribution >= 0.6 is 11.3 Å². The highest BCUT2D eigenvalue weighted by atomic mass is 32.2. The summed E-state index contributed by atoms with van der Waals surface area (Å²) in [5.74, 6) is -0.839. The molecule has 2 aromatic heterocycles. The molecule has 0 saturated carbocycles. The van der Waals surface area contributed by atoms with Gasteiger partial charge < -0.3 is 0 Å². The summed E-state index contributed by atoms with van der Waals surface area (Å²) < 4.78 is 39.9. The molecule has 106 valence electrons. The quantitative estimate of drug-likeness (QED) is 0.942. The second-order valence-electron chi connectivity index (χ2n) is 4.63. The fraction of sp³-hybridized carbons (Fsp3) is 0.308. The highest BCUT2D eigenvalue weighted by Gasteiger charge is 2.21. The normalized spacial score (nSPS) is 14.4. The minimum atomic E-state index is -3.91. The zero-order valence-electron chi connectivity index (χ0n) is 10.6. The SMILES string of the molecule is O=S(=O)(NCc1cc2c(s1)CCC2)c1ncccc1F. The second kappa shape index (κ2) is 5.23. The average Bonchev–Trinajstić information content (AvgIpc) is 2.97. The van der Waals surface area contributed by atoms with Crippen LogP contribution in [0, 0.1) is 5.82 Å². The number of halogens is 1. The Labute approximate surface area is 120 Å². The Morgan fingerprint density at radius 2 is 2.25 bits per heavy atom. The van der Waals surface area contributed by atoms with E-state index in [1.165, 1.54) is 29.1 Å². The van der Waals surface area contributed by atoms with Crippen LogP contribution in [0.1, 0.15) is 21.7 Å². The van der Waals surface area contributed by atoms with Gasteiger partial charge in [0.25, 0.3) is 10.0 Å². The van der Waals surface area contributed by atoms with E-state index in [9.17, 15) is 12.8 Å². The summed E-state index contributed by atoms with van der Waals surface area (Å²) >= 11 is 1.62. The lowest BCUT2D eigenvalue weighted by Crippen LogP contribution is -2.24. The molecule has 20 heavy (non-hydrogen) atoms. The number of hydrogen-bond acceptors (Lipinski definition) is 4. The molecule has 0 amide bonds. The summed E-state index contributed by atoms with van der Waals surface area (Å²) in [6, 6.07) is 4.48. The molecular formula is C13H13FN2O2S2. The fourth-order valence-electron chi connectivity index (χ4n) is 2.28. The van der Waals surface area contributed by atoms with Gasteiger partial charge >= 0.3 is 0 Å². The molecule has 2 heterocycles. The average molecular weight is 312 g/mol. The zero-order valence-corrected chi connectivity index (χ0v) is 12.2. The molecule has 0 radical (unpaired) electrons. The first-order valence-corrected chi connectivity index (χ1v) is 8.57. The lowest BCUT2D eigenvalue weighted by molar-refractivity contribution is 0.544. The number of sulfonamides is 1. The van der Waals surface area contributed by atoms with Crippen LogP contribution in [-0.2, 0) is 29.4 Å². The van der Waals surface area contributed by atoms with Gasteiger partial charge in [-0.1, -0.05) is 0 Å². The summed E-state index contributed by atoms with van der Waals surface area (Å²) in [6.07, 6.45) is 4.57. The number of aromatic nitrogens is 1. The lowest BCUT2D eigenvalue weighted by Gasteiger charge is -2.05. The number of thiophene rings is 1. The van der Waals surface area contributed by atoms with Crippen molar-refractivity contribution in [1.29, 1.82) is 0 Å². The first-order chi connectivity index (χ1) is 9.56. The van der Waals surface area contributed by atoms with Crippen molar-refractivity contribution in [1.82, 2.24) is 9.71 Å². The molecule has 0 spiro atoms. The predicted octanol–water partition coefficient (Wildman–Crippen LogP) is 2.25. The van der Waals surface area contributed by atoms with Crippen molar-refractivity contribution < 1.29 is 12.8 Å². The highest BCUT2D eigenvalue weighted by Crippen LogP contribution is 2.30. The number of fused-ring (bicyclic) bond motifs is 1. The van der Waals surface area contributed by atoms with Crippen molar-refractivity contribution in [3.63, 3.8) is 0 Å². The summed E-state index contributed by atoms with van der Waals surface area (Å²) in [4.78, 5) is 5.88. The number of pyridine rings is 1. The lowest BCUT2D eigenvalue weighted by atomic mass is 10.2. The van der Waals surface area contributed by atoms with Crippen molar-refractivity contribution in [2.24, 2.45) is 0 Å². The third kappa shape index (κ3) is 2.61. The maximum atomic E-state index is 13.5. The van der Waals surface area contributed by atoms with E-state index in [1.807, 2.05) is 6.07 Å². The third-order valence-corrected chi connectivity index (χ3v) is 5.78. The van der Waals surface area contributed by atoms with Gasteiger partial charge in [0.1, 0.15) is 0 Å². The van der Waals surface area contributed by atoms with Crippen LogP contribution in [0.4, 0.5) is 4.39 Å². The Hall–Kier alpha value is -1.31. The Kier molecular flexibility index (Phi) is 3.57. The van der Waals surface area contributed by atoms with Gasteiger partial charge in [0.2, 0.25) is 5.03 Å². The molecule has 0 atom stereocenters. The summed E-state index contributed by atoms with van der Waals surface area (Å²) in [6.45, 7) is 0.177. The maximum Gasteiger partial charge on any atom is 0.261 e. The first kappa shape index (κ1) is 13.7. The van der Waals surface area contributed by atoms with Gasteiger partial charge in [-0.2, -0.15) is 0 Å². The van der Waals surface area contributed by atoms with E-state index in [1.54, 1.807) is 11.3 Å². The monoisotopic (exact) mass is 312 g/mol. The van der Waals surface area contributed by atoms with E-state index < -0.39 is 20.9 Å². The smallest absolute Gasteiger partial charge is 0.241 e. The molecule has 0 fully saturated rings. The van der Waals surface area contributed by atoms with Crippen molar-refractivity contribution in [3.05, 3.63) is 45.5 Å². The molecule has 0 unspecified atom stereocenters. The Bertz CT molecular complexity index is 719. The summed E-state index contributed by atoms with van der Waals surface area (Å²) in [7, 11) is -3.91. The van der Waals surface area contributed by atoms with Gasteiger partial charge in [0.15, 0.2) is 5.82 Å². The van der Waals surface area contributed by atoms with Gasteiger partial charge in [-0.3, -0.25) is 0 Å². The predicted molar refractivity (Wildman–Crippen MR) is 74.6 cm³/mol. The molecule has 0 aliphatic heterocycles. The van der Waals surface area contributed by atoms with Gasteiger partial charge in [-0.15, -0.1) is 11.3 Å². The zero-order chi connectivity index (χ0) is 14.2. The Morgan fingerprint density at radius 1 is 1.40 bits per heavy atom. The van der Waals surface area contributed by atoms with Gasteiger partial charge in [0, 0.05) is 22.5 Å². The van der Waals surface area contributed by atoms with Crippen LogP contribution < -0.4 is 4.72 Å². The van der Waals surface area contributed by atoms with Crippen molar-refractivity contribution in [2.75, 3.05) is 0 Å². The number of hydrogen-bond donors (Lipinski definition) is 1. The Balaban J connectivity index is 1.75. The van der Waals surface area contributed by atoms with Crippen molar-refractivity contribution >= 4 is 21.4 Å². The molecular weight excluding hydrogens is 299 g/mol. The van der Waals surface area contributed by atoms with Gasteiger partial charge in [0.05, 0.1) is 0 Å². The molecule has 3 rings (SSSR count). The van der Waals surface area contributed by atoms with E-state index in [-0.39, 0.29) is 6.54 Å². The molecule has 7 heteroatoms. The largest absolute Gasteiger partial charge is 0.261 e. The molecule has 0 saturated heterocycles. The summed E-state index contributed by atoms with van der Waals surface area (Å²) in [5, 5.41) is -0.552. The van der Waals surface area contributed by atoms with Crippen LogP contribution in [0.15, 0.2) is 29.4 Å². The molecule has 1 aliphatic carbocycles. The summed E-state index contributed by atoms with van der Waals surface area (Å²) in [5.41, 5.74) is 1.31. The molecule has 4 nitrogen and oxygen atoms in total. The molecule has 1 N–H and O–H groups in total. The standard InChI is InChI=1S/C13H13FN2O2S2/c14-11-4-2-6-15-13(11)20(17,18)16-8-10-7-9-3-1-5-12(9)19-10/h2,4,6-7,16H,1,3,5,8H2. The minimum absolute atomic E-state index is 0.177. The van der Waals surface area contributed by atoms with E-state index in [0.717, 1.165) is 23.8 Å². The van der Waals surface area contributed by atoms with Crippen molar-refractivity contribution in [2.45, 2.75) is 30.8 Å². The number of rotatable bonds is 4. The van der Waals surface area contributed by atoms with E-state index >= 15 is 0 Å².